The highest BCUT2D eigenvalue weighted by Gasteiger charge is 2.29. The fourth-order valence-electron chi connectivity index (χ4n) is 4.12. The molecule has 2 heterocycles. The summed E-state index contributed by atoms with van der Waals surface area (Å²) in [5, 5.41) is 3.03. The maximum absolute atomic E-state index is 13.4. The number of aryl methyl sites for hydroxylation is 2. The zero-order valence-corrected chi connectivity index (χ0v) is 20.9. The number of carbonyl (C=O) groups excluding carboxylic acids is 1. The molecule has 0 radical (unpaired) electrons. The number of nitrogens with zero attached hydrogens (tertiary/aromatic N) is 3. The van der Waals surface area contributed by atoms with Gasteiger partial charge in [0.1, 0.15) is 17.6 Å². The molecule has 1 N–H and O–H groups in total. The lowest BCUT2D eigenvalue weighted by molar-refractivity contribution is 0.0730. The zero-order valence-electron chi connectivity index (χ0n) is 20.1. The van der Waals surface area contributed by atoms with Gasteiger partial charge in [-0.1, -0.05) is 25.1 Å². The first-order valence-corrected chi connectivity index (χ1v) is 12.9. The second kappa shape index (κ2) is 10.6. The van der Waals surface area contributed by atoms with Crippen LogP contribution in [0.3, 0.4) is 0 Å². The number of morpholine rings is 1. The Kier molecular flexibility index (Phi) is 7.54. The van der Waals surface area contributed by atoms with Crippen molar-refractivity contribution < 1.29 is 22.7 Å². The molecule has 186 valence electrons. The third-order valence-corrected chi connectivity index (χ3v) is 8.12. The van der Waals surface area contributed by atoms with E-state index in [0.29, 0.717) is 49.9 Å². The van der Waals surface area contributed by atoms with E-state index in [1.165, 1.54) is 10.4 Å². The van der Waals surface area contributed by atoms with Gasteiger partial charge in [-0.2, -0.15) is 4.31 Å². The standard InChI is InChI=1S/C25H30N4O5S/c1-4-18-5-6-20(17-22(18)35(31,32)29-13-15-34-16-14-29)25(30)27-23(24-26-11-12-28(24)2)19-7-9-21(33-3)10-8-19/h5-12,17,23H,4,13-16H2,1-3H3,(H,27,30)/t23-/m0/s1. The van der Waals surface area contributed by atoms with E-state index in [-0.39, 0.29) is 10.5 Å². The molecule has 35 heavy (non-hydrogen) atoms. The minimum Gasteiger partial charge on any atom is -0.497 e. The Balaban J connectivity index is 1.67. The summed E-state index contributed by atoms with van der Waals surface area (Å²) in [7, 11) is -0.308. The number of rotatable bonds is 8. The number of benzene rings is 2. The van der Waals surface area contributed by atoms with Gasteiger partial charge in [0.05, 0.1) is 25.2 Å². The van der Waals surface area contributed by atoms with Gasteiger partial charge < -0.3 is 19.4 Å². The van der Waals surface area contributed by atoms with Crippen molar-refractivity contribution >= 4 is 15.9 Å². The van der Waals surface area contributed by atoms with Gasteiger partial charge in [0.15, 0.2) is 0 Å². The fraction of sp³-hybridized carbons (Fsp3) is 0.360. The summed E-state index contributed by atoms with van der Waals surface area (Å²) in [4.78, 5) is 18.0. The monoisotopic (exact) mass is 498 g/mol. The molecule has 9 nitrogen and oxygen atoms in total. The van der Waals surface area contributed by atoms with Crippen LogP contribution in [0.1, 0.15) is 40.3 Å². The van der Waals surface area contributed by atoms with Crippen molar-refractivity contribution in [1.82, 2.24) is 19.2 Å². The van der Waals surface area contributed by atoms with E-state index < -0.39 is 22.0 Å². The third kappa shape index (κ3) is 5.24. The van der Waals surface area contributed by atoms with Crippen LogP contribution in [-0.2, 0) is 28.2 Å². The molecular formula is C25H30N4O5S. The summed E-state index contributed by atoms with van der Waals surface area (Å²) in [6, 6.07) is 11.7. The van der Waals surface area contributed by atoms with Gasteiger partial charge in [-0.05, 0) is 41.8 Å². The van der Waals surface area contributed by atoms with Crippen molar-refractivity contribution in [2.75, 3.05) is 33.4 Å². The van der Waals surface area contributed by atoms with Crippen LogP contribution < -0.4 is 10.1 Å². The van der Waals surface area contributed by atoms with Crippen molar-refractivity contribution in [3.05, 3.63) is 77.4 Å². The molecule has 0 aliphatic carbocycles. The molecule has 1 aromatic heterocycles. The number of ether oxygens (including phenoxy) is 2. The lowest BCUT2D eigenvalue weighted by Gasteiger charge is -2.27. The van der Waals surface area contributed by atoms with Gasteiger partial charge in [-0.15, -0.1) is 0 Å². The highest BCUT2D eigenvalue weighted by Crippen LogP contribution is 2.26. The molecule has 0 bridgehead atoms. The Morgan fingerprint density at radius 1 is 1.17 bits per heavy atom. The van der Waals surface area contributed by atoms with Crippen LogP contribution in [0.2, 0.25) is 0 Å². The Bertz CT molecular complexity index is 1280. The van der Waals surface area contributed by atoms with Gasteiger partial charge in [0, 0.05) is 38.1 Å². The molecule has 10 heteroatoms. The molecule has 0 spiro atoms. The van der Waals surface area contributed by atoms with Crippen molar-refractivity contribution in [1.29, 1.82) is 0 Å². The van der Waals surface area contributed by atoms with E-state index in [0.717, 1.165) is 5.56 Å². The summed E-state index contributed by atoms with van der Waals surface area (Å²) in [6.45, 7) is 3.19. The Labute approximate surface area is 205 Å². The Morgan fingerprint density at radius 2 is 1.89 bits per heavy atom. The predicted octanol–water partition coefficient (Wildman–Crippen LogP) is 2.53. The second-order valence-corrected chi connectivity index (χ2v) is 10.2. The number of carbonyl (C=O) groups is 1. The van der Waals surface area contributed by atoms with Crippen molar-refractivity contribution in [3.63, 3.8) is 0 Å². The number of imidazole rings is 1. The van der Waals surface area contributed by atoms with Gasteiger partial charge >= 0.3 is 0 Å². The van der Waals surface area contributed by atoms with Gasteiger partial charge in [-0.3, -0.25) is 4.79 Å². The summed E-state index contributed by atoms with van der Waals surface area (Å²) < 4.78 is 40.6. The number of nitrogens with one attached hydrogen (secondary N) is 1. The molecule has 1 aliphatic rings. The van der Waals surface area contributed by atoms with E-state index >= 15 is 0 Å². The van der Waals surface area contributed by atoms with E-state index in [9.17, 15) is 13.2 Å². The first-order chi connectivity index (χ1) is 16.8. The van der Waals surface area contributed by atoms with Crippen molar-refractivity contribution in [2.45, 2.75) is 24.3 Å². The van der Waals surface area contributed by atoms with Crippen LogP contribution in [0.25, 0.3) is 0 Å². The average molecular weight is 499 g/mol. The molecule has 3 aromatic rings. The lowest BCUT2D eigenvalue weighted by Crippen LogP contribution is -2.41. The number of hydrogen-bond acceptors (Lipinski definition) is 6. The van der Waals surface area contributed by atoms with Crippen LogP contribution in [0.5, 0.6) is 5.75 Å². The minimum atomic E-state index is -3.76. The molecule has 0 saturated carbocycles. The van der Waals surface area contributed by atoms with Crippen LogP contribution in [-0.4, -0.2) is 61.6 Å². The molecule has 1 amide bonds. The Morgan fingerprint density at radius 3 is 2.49 bits per heavy atom. The smallest absolute Gasteiger partial charge is 0.252 e. The van der Waals surface area contributed by atoms with Gasteiger partial charge in [0.25, 0.3) is 5.91 Å². The van der Waals surface area contributed by atoms with E-state index in [2.05, 4.69) is 10.3 Å². The van der Waals surface area contributed by atoms with Gasteiger partial charge in [0.2, 0.25) is 10.0 Å². The van der Waals surface area contributed by atoms with Crippen molar-refractivity contribution in [2.24, 2.45) is 7.05 Å². The SMILES string of the molecule is CCc1ccc(C(=O)N[C@@H](c2ccc(OC)cc2)c2nccn2C)cc1S(=O)(=O)N1CCOCC1. The molecule has 2 aromatic carbocycles. The quantitative estimate of drug-likeness (QED) is 0.512. The average Bonchev–Trinajstić information content (AvgIpc) is 3.32. The normalized spacial score (nSPS) is 15.5. The lowest BCUT2D eigenvalue weighted by atomic mass is 10.0. The highest BCUT2D eigenvalue weighted by molar-refractivity contribution is 7.89. The van der Waals surface area contributed by atoms with E-state index in [4.69, 9.17) is 9.47 Å². The van der Waals surface area contributed by atoms with Crippen LogP contribution in [0.4, 0.5) is 0 Å². The van der Waals surface area contributed by atoms with E-state index in [1.54, 1.807) is 31.6 Å². The summed E-state index contributed by atoms with van der Waals surface area (Å²) in [5.41, 5.74) is 1.75. The van der Waals surface area contributed by atoms with E-state index in [1.807, 2.05) is 42.8 Å². The zero-order chi connectivity index (χ0) is 25.0. The molecule has 1 aliphatic heterocycles. The number of aromatic nitrogens is 2. The maximum atomic E-state index is 13.4. The Hall–Kier alpha value is -3.21. The predicted molar refractivity (Wildman–Crippen MR) is 131 cm³/mol. The second-order valence-electron chi connectivity index (χ2n) is 8.27. The summed E-state index contributed by atoms with van der Waals surface area (Å²) in [5.74, 6) is 0.955. The number of amides is 1. The first-order valence-electron chi connectivity index (χ1n) is 11.5. The first kappa shape index (κ1) is 24.9. The topological polar surface area (TPSA) is 103 Å². The van der Waals surface area contributed by atoms with Crippen LogP contribution in [0, 0.1) is 0 Å². The minimum absolute atomic E-state index is 0.160. The number of methoxy groups -OCH3 is 1. The highest BCUT2D eigenvalue weighted by atomic mass is 32.2. The van der Waals surface area contributed by atoms with Crippen LogP contribution in [0.15, 0.2) is 59.8 Å². The number of hydrogen-bond donors (Lipinski definition) is 1. The van der Waals surface area contributed by atoms with Gasteiger partial charge in [-0.25, -0.2) is 13.4 Å². The summed E-state index contributed by atoms with van der Waals surface area (Å²) in [6.07, 6.45) is 4.00. The van der Waals surface area contributed by atoms with Crippen molar-refractivity contribution in [3.8, 4) is 5.75 Å². The third-order valence-electron chi connectivity index (χ3n) is 6.14. The molecule has 1 saturated heterocycles. The summed E-state index contributed by atoms with van der Waals surface area (Å²) >= 11 is 0. The van der Waals surface area contributed by atoms with Crippen LogP contribution >= 0.6 is 0 Å². The molecule has 1 atom stereocenters. The molecular weight excluding hydrogens is 468 g/mol. The molecule has 1 fully saturated rings. The largest absolute Gasteiger partial charge is 0.497 e. The molecule has 4 rings (SSSR count). The number of sulfonamides is 1. The maximum Gasteiger partial charge on any atom is 0.252 e. The molecule has 0 unspecified atom stereocenters. The fourth-order valence-corrected chi connectivity index (χ4v) is 5.84.